The Morgan fingerprint density at radius 3 is 2.69 bits per heavy atom. The van der Waals surface area contributed by atoms with Gasteiger partial charge in [0.2, 0.25) is 0 Å². The molecule has 0 aliphatic heterocycles. The molecule has 1 N–H and O–H groups in total. The highest BCUT2D eigenvalue weighted by Gasteiger charge is 1.98. The van der Waals surface area contributed by atoms with Gasteiger partial charge in [0.25, 0.3) is 0 Å². The second kappa shape index (κ2) is 4.80. The highest BCUT2D eigenvalue weighted by molar-refractivity contribution is 5.35. The molecule has 0 amide bonds. The quantitative estimate of drug-likeness (QED) is 0.769. The monoisotopic (exact) mass is 179 g/mol. The summed E-state index contributed by atoms with van der Waals surface area (Å²) in [6.45, 7) is 7.14. The smallest absolute Gasteiger partial charge is 0.129 e. The molecule has 1 heterocycles. The molecule has 0 aliphatic carbocycles. The first-order valence-electron chi connectivity index (χ1n) is 4.84. The lowest BCUT2D eigenvalue weighted by molar-refractivity contribution is 0.923. The molecule has 0 unspecified atom stereocenters. The van der Waals surface area contributed by atoms with Gasteiger partial charge in [-0.05, 0) is 19.8 Å². The van der Waals surface area contributed by atoms with E-state index < -0.39 is 0 Å². The van der Waals surface area contributed by atoms with E-state index in [-0.39, 0.29) is 0 Å². The maximum Gasteiger partial charge on any atom is 0.129 e. The predicted molar refractivity (Wildman–Crippen MR) is 54.9 cm³/mol. The van der Waals surface area contributed by atoms with E-state index in [1.165, 1.54) is 0 Å². The number of aromatic nitrogens is 2. The molecule has 0 aromatic carbocycles. The summed E-state index contributed by atoms with van der Waals surface area (Å²) in [5.41, 5.74) is 1.10. The van der Waals surface area contributed by atoms with Crippen LogP contribution >= 0.6 is 0 Å². The lowest BCUT2D eigenvalue weighted by atomic mass is 10.3. The van der Waals surface area contributed by atoms with Gasteiger partial charge in [0, 0.05) is 18.3 Å². The number of hydrogen-bond acceptors (Lipinski definition) is 3. The molecule has 3 nitrogen and oxygen atoms in total. The standard InChI is InChI=1S/C10H17N3/c1-4-6-11-10-7-9(5-2)12-8(3)13-10/h7H,4-6H2,1-3H3,(H,11,12,13). The van der Waals surface area contributed by atoms with Crippen LogP contribution in [0.25, 0.3) is 0 Å². The first-order valence-corrected chi connectivity index (χ1v) is 4.84. The maximum atomic E-state index is 4.31. The number of aryl methyl sites for hydroxylation is 2. The number of rotatable bonds is 4. The predicted octanol–water partition coefficient (Wildman–Crippen LogP) is 2.17. The topological polar surface area (TPSA) is 37.8 Å². The van der Waals surface area contributed by atoms with E-state index in [9.17, 15) is 0 Å². The number of nitrogens with zero attached hydrogens (tertiary/aromatic N) is 2. The summed E-state index contributed by atoms with van der Waals surface area (Å²) in [7, 11) is 0. The van der Waals surface area contributed by atoms with Gasteiger partial charge in [0.05, 0.1) is 0 Å². The van der Waals surface area contributed by atoms with Crippen LogP contribution in [-0.4, -0.2) is 16.5 Å². The zero-order valence-corrected chi connectivity index (χ0v) is 8.59. The lowest BCUT2D eigenvalue weighted by Crippen LogP contribution is -2.05. The Labute approximate surface area is 79.6 Å². The van der Waals surface area contributed by atoms with Gasteiger partial charge < -0.3 is 5.32 Å². The molecule has 1 aromatic heterocycles. The van der Waals surface area contributed by atoms with E-state index in [1.54, 1.807) is 0 Å². The van der Waals surface area contributed by atoms with Gasteiger partial charge in [0.15, 0.2) is 0 Å². The summed E-state index contributed by atoms with van der Waals surface area (Å²) in [5, 5.41) is 3.26. The van der Waals surface area contributed by atoms with Crippen molar-refractivity contribution in [2.45, 2.75) is 33.6 Å². The van der Waals surface area contributed by atoms with E-state index in [0.29, 0.717) is 0 Å². The van der Waals surface area contributed by atoms with Crippen molar-refractivity contribution >= 4 is 5.82 Å². The molecule has 13 heavy (non-hydrogen) atoms. The molecular formula is C10H17N3. The third-order valence-electron chi connectivity index (χ3n) is 1.81. The molecule has 72 valence electrons. The fourth-order valence-corrected chi connectivity index (χ4v) is 1.15. The summed E-state index contributed by atoms with van der Waals surface area (Å²) in [6, 6.07) is 2.02. The molecule has 0 bridgehead atoms. The van der Waals surface area contributed by atoms with Crippen LogP contribution in [0.2, 0.25) is 0 Å². The summed E-state index contributed by atoms with van der Waals surface area (Å²) >= 11 is 0. The van der Waals surface area contributed by atoms with Crippen LogP contribution < -0.4 is 5.32 Å². The number of nitrogens with one attached hydrogen (secondary N) is 1. The molecular weight excluding hydrogens is 162 g/mol. The summed E-state index contributed by atoms with van der Waals surface area (Å²) in [5.74, 6) is 1.80. The van der Waals surface area contributed by atoms with Crippen molar-refractivity contribution in [2.24, 2.45) is 0 Å². The second-order valence-corrected chi connectivity index (χ2v) is 3.07. The van der Waals surface area contributed by atoms with Gasteiger partial charge in [0.1, 0.15) is 11.6 Å². The van der Waals surface area contributed by atoms with Crippen LogP contribution in [0.5, 0.6) is 0 Å². The molecule has 0 saturated heterocycles. The first kappa shape index (κ1) is 9.96. The van der Waals surface area contributed by atoms with Crippen LogP contribution in [0.1, 0.15) is 31.8 Å². The Hall–Kier alpha value is -1.12. The van der Waals surface area contributed by atoms with Gasteiger partial charge in [-0.1, -0.05) is 13.8 Å². The third-order valence-corrected chi connectivity index (χ3v) is 1.81. The van der Waals surface area contributed by atoms with E-state index in [1.807, 2.05) is 13.0 Å². The second-order valence-electron chi connectivity index (χ2n) is 3.07. The molecule has 0 atom stereocenters. The van der Waals surface area contributed by atoms with Gasteiger partial charge in [-0.3, -0.25) is 0 Å². The normalized spacial score (nSPS) is 10.1. The van der Waals surface area contributed by atoms with Gasteiger partial charge >= 0.3 is 0 Å². The fraction of sp³-hybridized carbons (Fsp3) is 0.600. The lowest BCUT2D eigenvalue weighted by Gasteiger charge is -2.05. The zero-order valence-electron chi connectivity index (χ0n) is 8.59. The highest BCUT2D eigenvalue weighted by atomic mass is 15.0. The molecule has 0 spiro atoms. The van der Waals surface area contributed by atoms with Gasteiger partial charge in [-0.25, -0.2) is 9.97 Å². The van der Waals surface area contributed by atoms with Crippen molar-refractivity contribution in [1.82, 2.24) is 9.97 Å². The van der Waals surface area contributed by atoms with Crippen molar-refractivity contribution in [3.8, 4) is 0 Å². The van der Waals surface area contributed by atoms with E-state index in [2.05, 4.69) is 29.1 Å². The SMILES string of the molecule is CCCNc1cc(CC)nc(C)n1. The van der Waals surface area contributed by atoms with Crippen molar-refractivity contribution in [1.29, 1.82) is 0 Å². The van der Waals surface area contributed by atoms with E-state index in [4.69, 9.17) is 0 Å². The van der Waals surface area contributed by atoms with Crippen molar-refractivity contribution < 1.29 is 0 Å². The Kier molecular flexibility index (Phi) is 3.68. The van der Waals surface area contributed by atoms with Crippen LogP contribution in [-0.2, 0) is 6.42 Å². The first-order chi connectivity index (χ1) is 6.26. The average Bonchev–Trinajstić information content (AvgIpc) is 2.14. The van der Waals surface area contributed by atoms with Gasteiger partial charge in [-0.2, -0.15) is 0 Å². The van der Waals surface area contributed by atoms with E-state index >= 15 is 0 Å². The maximum absolute atomic E-state index is 4.31. The number of anilines is 1. The van der Waals surface area contributed by atoms with Gasteiger partial charge in [-0.15, -0.1) is 0 Å². The Morgan fingerprint density at radius 1 is 1.31 bits per heavy atom. The molecule has 0 saturated carbocycles. The molecule has 1 aromatic rings. The molecule has 3 heteroatoms. The molecule has 0 fully saturated rings. The highest BCUT2D eigenvalue weighted by Crippen LogP contribution is 2.06. The summed E-state index contributed by atoms with van der Waals surface area (Å²) < 4.78 is 0. The fourth-order valence-electron chi connectivity index (χ4n) is 1.15. The molecule has 0 radical (unpaired) electrons. The summed E-state index contributed by atoms with van der Waals surface area (Å²) in [4.78, 5) is 8.61. The van der Waals surface area contributed by atoms with Crippen molar-refractivity contribution in [3.05, 3.63) is 17.6 Å². The van der Waals surface area contributed by atoms with Crippen LogP contribution in [0, 0.1) is 6.92 Å². The average molecular weight is 179 g/mol. The number of hydrogen-bond donors (Lipinski definition) is 1. The minimum Gasteiger partial charge on any atom is -0.370 e. The van der Waals surface area contributed by atoms with Crippen LogP contribution in [0.15, 0.2) is 6.07 Å². The van der Waals surface area contributed by atoms with Crippen LogP contribution in [0.3, 0.4) is 0 Å². The van der Waals surface area contributed by atoms with Crippen LogP contribution in [0.4, 0.5) is 5.82 Å². The van der Waals surface area contributed by atoms with Crippen molar-refractivity contribution in [3.63, 3.8) is 0 Å². The zero-order chi connectivity index (χ0) is 9.68. The summed E-state index contributed by atoms with van der Waals surface area (Å²) in [6.07, 6.45) is 2.08. The Morgan fingerprint density at radius 2 is 2.08 bits per heavy atom. The minimum atomic E-state index is 0.845. The largest absolute Gasteiger partial charge is 0.370 e. The Balaban J connectivity index is 2.76. The molecule has 0 aliphatic rings. The van der Waals surface area contributed by atoms with Crippen molar-refractivity contribution in [2.75, 3.05) is 11.9 Å². The third kappa shape index (κ3) is 3.01. The van der Waals surface area contributed by atoms with E-state index in [0.717, 1.165) is 36.7 Å². The Bertz CT molecular complexity index is 271. The molecule has 1 rings (SSSR count). The minimum absolute atomic E-state index is 0.845.